The summed E-state index contributed by atoms with van der Waals surface area (Å²) in [6, 6.07) is 2.82. The second-order valence-corrected chi connectivity index (χ2v) is 8.42. The molecule has 0 saturated heterocycles. The Morgan fingerprint density at radius 2 is 2.11 bits per heavy atom. The molecule has 0 spiro atoms. The Bertz CT molecular complexity index is 389. The highest BCUT2D eigenvalue weighted by Gasteiger charge is 2.31. The van der Waals surface area contributed by atoms with E-state index in [2.05, 4.69) is 53.5 Å². The lowest BCUT2D eigenvalue weighted by Gasteiger charge is -2.38. The molecule has 1 N–H and O–H groups in total. The maximum atomic E-state index is 3.73. The largest absolute Gasteiger partial charge is 0.314 e. The molecule has 1 aromatic rings. The van der Waals surface area contributed by atoms with Gasteiger partial charge in [-0.2, -0.15) is 0 Å². The summed E-state index contributed by atoms with van der Waals surface area (Å²) in [5.74, 6) is 0.849. The lowest BCUT2D eigenvalue weighted by molar-refractivity contribution is 0.161. The molecule has 1 unspecified atom stereocenters. The molecule has 3 heteroatoms. The van der Waals surface area contributed by atoms with Gasteiger partial charge in [-0.25, -0.2) is 0 Å². The highest BCUT2D eigenvalue weighted by atomic mass is 79.9. The fourth-order valence-electron chi connectivity index (χ4n) is 3.16. The van der Waals surface area contributed by atoms with Gasteiger partial charge in [0.25, 0.3) is 0 Å². The smallest absolute Gasteiger partial charge is 0.0314 e. The number of thiophene rings is 1. The zero-order valence-corrected chi connectivity index (χ0v) is 14.7. The summed E-state index contributed by atoms with van der Waals surface area (Å²) in [4.78, 5) is 1.50. The van der Waals surface area contributed by atoms with Gasteiger partial charge in [0, 0.05) is 15.4 Å². The third-order valence-electron chi connectivity index (χ3n) is 4.52. The molecule has 1 nitrogen and oxygen atoms in total. The maximum Gasteiger partial charge on any atom is 0.0314 e. The van der Waals surface area contributed by atoms with Crippen LogP contribution in [0.15, 0.2) is 15.9 Å². The monoisotopic (exact) mass is 343 g/mol. The number of hydrogen-bond acceptors (Lipinski definition) is 2. The second kappa shape index (κ2) is 6.73. The average Bonchev–Trinajstić information content (AvgIpc) is 2.75. The van der Waals surface area contributed by atoms with Crippen LogP contribution in [0.2, 0.25) is 0 Å². The first kappa shape index (κ1) is 15.5. The van der Waals surface area contributed by atoms with Crippen molar-refractivity contribution in [3.05, 3.63) is 20.8 Å². The molecule has 1 aliphatic carbocycles. The molecule has 1 aliphatic rings. The third-order valence-corrected chi connectivity index (χ3v) is 6.46. The van der Waals surface area contributed by atoms with E-state index in [0.717, 1.165) is 12.5 Å². The van der Waals surface area contributed by atoms with Crippen molar-refractivity contribution in [1.82, 2.24) is 5.32 Å². The van der Waals surface area contributed by atoms with Crippen LogP contribution in [-0.2, 0) is 6.42 Å². The second-order valence-electron chi connectivity index (χ2n) is 6.56. The molecule has 1 atom stereocenters. The predicted octanol–water partition coefficient (Wildman–Crippen LogP) is 5.25. The van der Waals surface area contributed by atoms with Crippen molar-refractivity contribution in [2.24, 2.45) is 11.3 Å². The molecule has 1 heterocycles. The van der Waals surface area contributed by atoms with Gasteiger partial charge in [-0.05, 0) is 77.4 Å². The van der Waals surface area contributed by atoms with E-state index in [9.17, 15) is 0 Å². The van der Waals surface area contributed by atoms with Gasteiger partial charge < -0.3 is 5.32 Å². The fourth-order valence-corrected chi connectivity index (χ4v) is 4.74. The summed E-state index contributed by atoms with van der Waals surface area (Å²) in [5, 5.41) is 5.92. The minimum absolute atomic E-state index is 0.566. The SMILES string of the molecule is CCNC(Cc1sccc1Br)C1CCC(C)(C)CC1. The molecular formula is C16H26BrNS. The molecule has 0 bridgehead atoms. The van der Waals surface area contributed by atoms with Crippen LogP contribution in [0.1, 0.15) is 51.3 Å². The predicted molar refractivity (Wildman–Crippen MR) is 88.9 cm³/mol. The zero-order valence-electron chi connectivity index (χ0n) is 12.3. The van der Waals surface area contributed by atoms with Gasteiger partial charge >= 0.3 is 0 Å². The minimum atomic E-state index is 0.566. The first-order valence-corrected chi connectivity index (χ1v) is 9.14. The van der Waals surface area contributed by atoms with Gasteiger partial charge in [0.05, 0.1) is 0 Å². The Balaban J connectivity index is 1.98. The number of nitrogens with one attached hydrogen (secondary N) is 1. The molecule has 2 rings (SSSR count). The van der Waals surface area contributed by atoms with Gasteiger partial charge in [-0.1, -0.05) is 20.8 Å². The molecule has 108 valence electrons. The van der Waals surface area contributed by atoms with Gasteiger partial charge in [-0.15, -0.1) is 11.3 Å². The van der Waals surface area contributed by atoms with Crippen LogP contribution < -0.4 is 5.32 Å². The number of rotatable bonds is 5. The van der Waals surface area contributed by atoms with E-state index in [1.807, 2.05) is 11.3 Å². The number of likely N-dealkylation sites (N-methyl/N-ethyl adjacent to an activating group) is 1. The van der Waals surface area contributed by atoms with Crippen molar-refractivity contribution in [3.8, 4) is 0 Å². The van der Waals surface area contributed by atoms with Crippen LogP contribution in [-0.4, -0.2) is 12.6 Å². The highest BCUT2D eigenvalue weighted by molar-refractivity contribution is 9.10. The maximum absolute atomic E-state index is 3.73. The van der Waals surface area contributed by atoms with E-state index in [1.54, 1.807) is 0 Å². The Morgan fingerprint density at radius 3 is 2.63 bits per heavy atom. The van der Waals surface area contributed by atoms with Crippen molar-refractivity contribution in [3.63, 3.8) is 0 Å². The molecule has 0 aliphatic heterocycles. The van der Waals surface area contributed by atoms with Crippen LogP contribution in [0.5, 0.6) is 0 Å². The molecule has 0 radical (unpaired) electrons. The minimum Gasteiger partial charge on any atom is -0.314 e. The Morgan fingerprint density at radius 1 is 1.42 bits per heavy atom. The van der Waals surface area contributed by atoms with E-state index < -0.39 is 0 Å². The summed E-state index contributed by atoms with van der Waals surface area (Å²) < 4.78 is 1.29. The van der Waals surface area contributed by atoms with E-state index in [4.69, 9.17) is 0 Å². The van der Waals surface area contributed by atoms with E-state index in [1.165, 1.54) is 41.5 Å². The summed E-state index contributed by atoms with van der Waals surface area (Å²) >= 11 is 5.55. The first-order chi connectivity index (χ1) is 9.02. The van der Waals surface area contributed by atoms with Crippen LogP contribution in [0.3, 0.4) is 0 Å². The number of hydrogen-bond donors (Lipinski definition) is 1. The summed E-state index contributed by atoms with van der Waals surface area (Å²) in [6.45, 7) is 8.14. The molecule has 1 fully saturated rings. The molecule has 19 heavy (non-hydrogen) atoms. The fraction of sp³-hybridized carbons (Fsp3) is 0.750. The summed E-state index contributed by atoms with van der Waals surface area (Å²) in [5.41, 5.74) is 0.566. The van der Waals surface area contributed by atoms with Crippen molar-refractivity contribution in [2.75, 3.05) is 6.54 Å². The van der Waals surface area contributed by atoms with Crippen LogP contribution >= 0.6 is 27.3 Å². The molecule has 0 amide bonds. The van der Waals surface area contributed by atoms with Crippen LogP contribution in [0.4, 0.5) is 0 Å². The topological polar surface area (TPSA) is 12.0 Å². The normalized spacial score (nSPS) is 21.5. The van der Waals surface area contributed by atoms with E-state index in [0.29, 0.717) is 11.5 Å². The van der Waals surface area contributed by atoms with E-state index >= 15 is 0 Å². The van der Waals surface area contributed by atoms with Crippen LogP contribution in [0, 0.1) is 11.3 Å². The lowest BCUT2D eigenvalue weighted by Crippen LogP contribution is -2.40. The molecule has 1 saturated carbocycles. The molecule has 1 aromatic heterocycles. The van der Waals surface area contributed by atoms with Crippen molar-refractivity contribution in [1.29, 1.82) is 0 Å². The Labute approximate surface area is 130 Å². The van der Waals surface area contributed by atoms with Gasteiger partial charge in [0.15, 0.2) is 0 Å². The standard InChI is InChI=1S/C16H26BrNS/c1-4-18-14(11-15-13(17)7-10-19-15)12-5-8-16(2,3)9-6-12/h7,10,12,14,18H,4-6,8-9,11H2,1-3H3. The average molecular weight is 344 g/mol. The van der Waals surface area contributed by atoms with Crippen LogP contribution in [0.25, 0.3) is 0 Å². The first-order valence-electron chi connectivity index (χ1n) is 7.47. The van der Waals surface area contributed by atoms with Gasteiger partial charge in [-0.3, -0.25) is 0 Å². The third kappa shape index (κ3) is 4.30. The number of halogens is 1. The summed E-state index contributed by atoms with van der Waals surface area (Å²) in [7, 11) is 0. The Kier molecular flexibility index (Phi) is 5.50. The van der Waals surface area contributed by atoms with Crippen molar-refractivity contribution >= 4 is 27.3 Å². The highest BCUT2D eigenvalue weighted by Crippen LogP contribution is 2.40. The van der Waals surface area contributed by atoms with Crippen molar-refractivity contribution < 1.29 is 0 Å². The van der Waals surface area contributed by atoms with Gasteiger partial charge in [0.2, 0.25) is 0 Å². The zero-order chi connectivity index (χ0) is 13.9. The summed E-state index contributed by atoms with van der Waals surface area (Å²) in [6.07, 6.45) is 6.70. The van der Waals surface area contributed by atoms with E-state index in [-0.39, 0.29) is 0 Å². The Hall–Kier alpha value is 0.140. The molecule has 0 aromatic carbocycles. The van der Waals surface area contributed by atoms with Crippen molar-refractivity contribution in [2.45, 2.75) is 58.9 Å². The molecular weight excluding hydrogens is 318 g/mol. The lowest BCUT2D eigenvalue weighted by atomic mass is 9.70. The quantitative estimate of drug-likeness (QED) is 0.769. The van der Waals surface area contributed by atoms with Gasteiger partial charge in [0.1, 0.15) is 0 Å².